The second-order valence-corrected chi connectivity index (χ2v) is 7.68. The van der Waals surface area contributed by atoms with Crippen LogP contribution in [0.4, 0.5) is 0 Å². The molecule has 1 N–H and O–H groups in total. The highest BCUT2D eigenvalue weighted by Gasteiger charge is 2.30. The summed E-state index contributed by atoms with van der Waals surface area (Å²) in [5, 5.41) is 3.52. The van der Waals surface area contributed by atoms with Gasteiger partial charge in [0.05, 0.1) is 11.5 Å². The maximum Gasteiger partial charge on any atom is 0.151 e. The van der Waals surface area contributed by atoms with Gasteiger partial charge in [0.1, 0.15) is 0 Å². The zero-order valence-electron chi connectivity index (χ0n) is 10.1. The Labute approximate surface area is 98.9 Å². The lowest BCUT2D eigenvalue weighted by atomic mass is 9.84. The van der Waals surface area contributed by atoms with Crippen molar-refractivity contribution in [2.75, 3.05) is 11.5 Å². The molecule has 1 aliphatic carbocycles. The molecule has 3 nitrogen and oxygen atoms in total. The highest BCUT2D eigenvalue weighted by molar-refractivity contribution is 7.91. The molecule has 2 aliphatic rings. The molecule has 0 bridgehead atoms. The van der Waals surface area contributed by atoms with E-state index in [4.69, 9.17) is 0 Å². The largest absolute Gasteiger partial charge is 0.310 e. The lowest BCUT2D eigenvalue weighted by Crippen LogP contribution is -2.42. The number of hydrogen-bond acceptors (Lipinski definition) is 3. The summed E-state index contributed by atoms with van der Waals surface area (Å²) in [7, 11) is -2.73. The summed E-state index contributed by atoms with van der Waals surface area (Å²) in [4.78, 5) is 0. The van der Waals surface area contributed by atoms with Crippen LogP contribution < -0.4 is 5.32 Å². The molecule has 4 heteroatoms. The Morgan fingerprint density at radius 3 is 2.38 bits per heavy atom. The van der Waals surface area contributed by atoms with Crippen LogP contribution in [0.2, 0.25) is 0 Å². The normalized spacial score (nSPS) is 32.7. The highest BCUT2D eigenvalue weighted by Crippen LogP contribution is 2.27. The predicted molar refractivity (Wildman–Crippen MR) is 66.2 cm³/mol. The van der Waals surface area contributed by atoms with E-state index in [1.54, 1.807) is 0 Å². The van der Waals surface area contributed by atoms with Gasteiger partial charge in [0.15, 0.2) is 9.84 Å². The molecular weight excluding hydrogens is 222 g/mol. The van der Waals surface area contributed by atoms with Crippen LogP contribution >= 0.6 is 0 Å². The molecule has 0 amide bonds. The first-order chi connectivity index (χ1) is 7.57. The van der Waals surface area contributed by atoms with Gasteiger partial charge in [-0.1, -0.05) is 19.3 Å². The standard InChI is InChI=1S/C12H23NO2S/c1-10(11-5-3-2-4-6-11)13-12-7-8-16(14,15)9-12/h10-13H,2-9H2,1H3/t10-,12?/m1/s1. The maximum atomic E-state index is 11.4. The summed E-state index contributed by atoms with van der Waals surface area (Å²) in [6.45, 7) is 2.22. The molecule has 1 heterocycles. The summed E-state index contributed by atoms with van der Waals surface area (Å²) in [6, 6.07) is 0.695. The van der Waals surface area contributed by atoms with E-state index in [-0.39, 0.29) is 6.04 Å². The van der Waals surface area contributed by atoms with Crippen LogP contribution in [-0.2, 0) is 9.84 Å². The highest BCUT2D eigenvalue weighted by atomic mass is 32.2. The summed E-state index contributed by atoms with van der Waals surface area (Å²) in [5.74, 6) is 1.49. The van der Waals surface area contributed by atoms with E-state index in [0.29, 0.717) is 17.5 Å². The van der Waals surface area contributed by atoms with Crippen LogP contribution in [0.1, 0.15) is 45.4 Å². The molecule has 0 aromatic heterocycles. The van der Waals surface area contributed by atoms with Crippen molar-refractivity contribution in [2.45, 2.75) is 57.5 Å². The van der Waals surface area contributed by atoms with Crippen molar-refractivity contribution in [3.8, 4) is 0 Å². The Morgan fingerprint density at radius 2 is 1.81 bits per heavy atom. The number of hydrogen-bond donors (Lipinski definition) is 1. The molecule has 16 heavy (non-hydrogen) atoms. The molecule has 0 aromatic rings. The van der Waals surface area contributed by atoms with Crippen LogP contribution in [0, 0.1) is 5.92 Å². The Balaban J connectivity index is 1.80. The van der Waals surface area contributed by atoms with Crippen LogP contribution in [0.5, 0.6) is 0 Å². The van der Waals surface area contributed by atoms with Gasteiger partial charge in [-0.15, -0.1) is 0 Å². The van der Waals surface area contributed by atoms with Crippen molar-refractivity contribution >= 4 is 9.84 Å². The number of sulfone groups is 1. The maximum absolute atomic E-state index is 11.4. The van der Waals surface area contributed by atoms with Gasteiger partial charge in [-0.3, -0.25) is 0 Å². The minimum atomic E-state index is -2.73. The van der Waals surface area contributed by atoms with Gasteiger partial charge in [0, 0.05) is 12.1 Å². The minimum absolute atomic E-state index is 0.210. The minimum Gasteiger partial charge on any atom is -0.310 e. The van der Waals surface area contributed by atoms with E-state index in [2.05, 4.69) is 12.2 Å². The molecular formula is C12H23NO2S. The number of nitrogens with one attached hydrogen (secondary N) is 1. The van der Waals surface area contributed by atoms with Crippen molar-refractivity contribution in [3.05, 3.63) is 0 Å². The van der Waals surface area contributed by atoms with Crippen LogP contribution in [0.3, 0.4) is 0 Å². The first kappa shape index (κ1) is 12.4. The fraction of sp³-hybridized carbons (Fsp3) is 1.00. The average molecular weight is 245 g/mol. The monoisotopic (exact) mass is 245 g/mol. The molecule has 1 saturated carbocycles. The Bertz CT molecular complexity index is 320. The third-order valence-electron chi connectivity index (χ3n) is 4.09. The van der Waals surface area contributed by atoms with Crippen molar-refractivity contribution in [1.82, 2.24) is 5.32 Å². The Hall–Kier alpha value is -0.0900. The Kier molecular flexibility index (Phi) is 3.90. The summed E-state index contributed by atoms with van der Waals surface area (Å²) in [6.07, 6.45) is 7.50. The molecule has 0 radical (unpaired) electrons. The van der Waals surface area contributed by atoms with E-state index in [9.17, 15) is 8.42 Å². The van der Waals surface area contributed by atoms with Gasteiger partial charge >= 0.3 is 0 Å². The number of rotatable bonds is 3. The zero-order valence-corrected chi connectivity index (χ0v) is 10.9. The molecule has 0 aromatic carbocycles. The lowest BCUT2D eigenvalue weighted by Gasteiger charge is -2.30. The zero-order chi connectivity index (χ0) is 11.6. The van der Waals surface area contributed by atoms with Gasteiger partial charge in [-0.05, 0) is 32.1 Å². The van der Waals surface area contributed by atoms with Crippen LogP contribution in [0.25, 0.3) is 0 Å². The van der Waals surface area contributed by atoms with Crippen molar-refractivity contribution in [3.63, 3.8) is 0 Å². The first-order valence-corrected chi connectivity index (χ1v) is 8.35. The lowest BCUT2D eigenvalue weighted by molar-refractivity contribution is 0.268. The van der Waals surface area contributed by atoms with Crippen molar-refractivity contribution in [2.24, 2.45) is 5.92 Å². The van der Waals surface area contributed by atoms with E-state index in [0.717, 1.165) is 12.3 Å². The van der Waals surface area contributed by atoms with Gasteiger partial charge in [-0.2, -0.15) is 0 Å². The third-order valence-corrected chi connectivity index (χ3v) is 5.86. The molecule has 1 saturated heterocycles. The van der Waals surface area contributed by atoms with Gasteiger partial charge in [-0.25, -0.2) is 8.42 Å². The average Bonchev–Trinajstić information content (AvgIpc) is 2.59. The molecule has 0 spiro atoms. The summed E-state index contributed by atoms with van der Waals surface area (Å²) in [5.41, 5.74) is 0. The fourth-order valence-corrected chi connectivity index (χ4v) is 4.75. The topological polar surface area (TPSA) is 46.2 Å². The SMILES string of the molecule is C[C@@H](NC1CCS(=O)(=O)C1)C1CCCCC1. The summed E-state index contributed by atoms with van der Waals surface area (Å²) >= 11 is 0. The smallest absolute Gasteiger partial charge is 0.151 e. The molecule has 2 rings (SSSR count). The van der Waals surface area contributed by atoms with E-state index < -0.39 is 9.84 Å². The van der Waals surface area contributed by atoms with Crippen LogP contribution in [-0.4, -0.2) is 32.0 Å². The van der Waals surface area contributed by atoms with Gasteiger partial charge in [0.2, 0.25) is 0 Å². The predicted octanol–water partition coefficient (Wildman–Crippen LogP) is 1.73. The molecule has 1 aliphatic heterocycles. The van der Waals surface area contributed by atoms with Crippen molar-refractivity contribution < 1.29 is 8.42 Å². The van der Waals surface area contributed by atoms with E-state index in [1.807, 2.05) is 0 Å². The first-order valence-electron chi connectivity index (χ1n) is 6.53. The van der Waals surface area contributed by atoms with Crippen LogP contribution in [0.15, 0.2) is 0 Å². The molecule has 94 valence electrons. The van der Waals surface area contributed by atoms with Crippen molar-refractivity contribution in [1.29, 1.82) is 0 Å². The Morgan fingerprint density at radius 1 is 1.12 bits per heavy atom. The molecule has 2 atom stereocenters. The summed E-state index contributed by atoms with van der Waals surface area (Å²) < 4.78 is 22.7. The van der Waals surface area contributed by atoms with Gasteiger partial charge < -0.3 is 5.32 Å². The van der Waals surface area contributed by atoms with E-state index >= 15 is 0 Å². The molecule has 2 fully saturated rings. The quantitative estimate of drug-likeness (QED) is 0.823. The second-order valence-electron chi connectivity index (χ2n) is 5.45. The molecule has 1 unspecified atom stereocenters. The van der Waals surface area contributed by atoms with E-state index in [1.165, 1.54) is 32.1 Å². The van der Waals surface area contributed by atoms with Gasteiger partial charge in [0.25, 0.3) is 0 Å². The second kappa shape index (κ2) is 5.05. The third kappa shape index (κ3) is 3.20. The fourth-order valence-electron chi connectivity index (χ4n) is 3.07.